The second-order valence-electron chi connectivity index (χ2n) is 6.00. The predicted molar refractivity (Wildman–Crippen MR) is 104 cm³/mol. The van der Waals surface area contributed by atoms with E-state index in [1.807, 2.05) is 60.7 Å². The standard InChI is InChI=1S/C19H19NO3S2/c1-19(21,18-13-16-9-5-6-10-17(16)24-18)14-20-25(22,23)12-11-15-7-3-2-4-8-15/h2-13,20-21H,14H2,1H3. The molecule has 1 unspecified atom stereocenters. The van der Waals surface area contributed by atoms with Gasteiger partial charge in [-0.05, 0) is 36.1 Å². The topological polar surface area (TPSA) is 66.4 Å². The number of sulfonamides is 1. The largest absolute Gasteiger partial charge is 0.383 e. The number of rotatable bonds is 6. The molecule has 0 saturated carbocycles. The quantitative estimate of drug-likeness (QED) is 0.692. The van der Waals surface area contributed by atoms with Crippen LogP contribution in [0.5, 0.6) is 0 Å². The summed E-state index contributed by atoms with van der Waals surface area (Å²) in [6.45, 7) is 1.52. The molecule has 0 fully saturated rings. The van der Waals surface area contributed by atoms with E-state index in [1.165, 1.54) is 17.4 Å². The fourth-order valence-electron chi connectivity index (χ4n) is 2.36. The van der Waals surface area contributed by atoms with E-state index in [0.29, 0.717) is 0 Å². The fourth-order valence-corrected chi connectivity index (χ4v) is 4.38. The third-order valence-electron chi connectivity index (χ3n) is 3.81. The summed E-state index contributed by atoms with van der Waals surface area (Å²) in [4.78, 5) is 0.725. The number of hydrogen-bond donors (Lipinski definition) is 2. The van der Waals surface area contributed by atoms with Gasteiger partial charge in [0.15, 0.2) is 0 Å². The maximum absolute atomic E-state index is 12.1. The summed E-state index contributed by atoms with van der Waals surface area (Å²) in [6.07, 6.45) is 1.52. The maximum Gasteiger partial charge on any atom is 0.233 e. The summed E-state index contributed by atoms with van der Waals surface area (Å²) in [6, 6.07) is 18.9. The molecule has 0 bridgehead atoms. The zero-order valence-corrected chi connectivity index (χ0v) is 15.3. The van der Waals surface area contributed by atoms with Crippen LogP contribution in [0, 0.1) is 0 Å². The monoisotopic (exact) mass is 373 g/mol. The number of aliphatic hydroxyl groups is 1. The third kappa shape index (κ3) is 4.55. The van der Waals surface area contributed by atoms with Gasteiger partial charge in [0.25, 0.3) is 0 Å². The molecule has 3 aromatic rings. The van der Waals surface area contributed by atoms with Crippen LogP contribution >= 0.6 is 11.3 Å². The second-order valence-corrected chi connectivity index (χ2v) is 8.74. The fraction of sp³-hybridized carbons (Fsp3) is 0.158. The van der Waals surface area contributed by atoms with Gasteiger partial charge in [-0.15, -0.1) is 11.3 Å². The molecule has 1 heterocycles. The van der Waals surface area contributed by atoms with Crippen LogP contribution in [-0.2, 0) is 15.6 Å². The van der Waals surface area contributed by atoms with Gasteiger partial charge in [0.05, 0.1) is 0 Å². The lowest BCUT2D eigenvalue weighted by Gasteiger charge is -2.21. The summed E-state index contributed by atoms with van der Waals surface area (Å²) < 4.78 is 27.8. The smallest absolute Gasteiger partial charge is 0.233 e. The van der Waals surface area contributed by atoms with Gasteiger partial charge in [-0.25, -0.2) is 13.1 Å². The summed E-state index contributed by atoms with van der Waals surface area (Å²) >= 11 is 1.46. The molecule has 25 heavy (non-hydrogen) atoms. The molecule has 0 aliphatic carbocycles. The lowest BCUT2D eigenvalue weighted by Crippen LogP contribution is -2.37. The second kappa shape index (κ2) is 7.09. The Bertz CT molecular complexity index is 957. The van der Waals surface area contributed by atoms with Crippen molar-refractivity contribution in [2.24, 2.45) is 0 Å². The van der Waals surface area contributed by atoms with Crippen LogP contribution in [0.3, 0.4) is 0 Å². The highest BCUT2D eigenvalue weighted by Gasteiger charge is 2.27. The molecule has 3 rings (SSSR count). The van der Waals surface area contributed by atoms with Crippen LogP contribution in [0.1, 0.15) is 17.4 Å². The zero-order valence-electron chi connectivity index (χ0n) is 13.7. The van der Waals surface area contributed by atoms with Crippen molar-refractivity contribution in [2.45, 2.75) is 12.5 Å². The Morgan fingerprint density at radius 1 is 1.12 bits per heavy atom. The van der Waals surface area contributed by atoms with Crippen molar-refractivity contribution >= 4 is 37.5 Å². The van der Waals surface area contributed by atoms with E-state index in [0.717, 1.165) is 25.9 Å². The van der Waals surface area contributed by atoms with E-state index in [1.54, 1.807) is 6.92 Å². The first-order chi connectivity index (χ1) is 11.9. The molecular formula is C19H19NO3S2. The normalized spacial score (nSPS) is 14.8. The van der Waals surface area contributed by atoms with E-state index in [9.17, 15) is 13.5 Å². The molecular weight excluding hydrogens is 354 g/mol. The first-order valence-electron chi connectivity index (χ1n) is 7.80. The first kappa shape index (κ1) is 17.8. The van der Waals surface area contributed by atoms with Gasteiger partial charge < -0.3 is 5.11 Å². The van der Waals surface area contributed by atoms with Crippen LogP contribution in [-0.4, -0.2) is 20.1 Å². The summed E-state index contributed by atoms with van der Waals surface area (Å²) in [5, 5.41) is 12.8. The highest BCUT2D eigenvalue weighted by atomic mass is 32.2. The van der Waals surface area contributed by atoms with Crippen LogP contribution in [0.15, 0.2) is 66.1 Å². The molecule has 1 atom stereocenters. The molecule has 2 N–H and O–H groups in total. The van der Waals surface area contributed by atoms with Crippen molar-refractivity contribution in [1.29, 1.82) is 0 Å². The average molecular weight is 373 g/mol. The number of fused-ring (bicyclic) bond motifs is 1. The van der Waals surface area contributed by atoms with Crippen molar-refractivity contribution in [2.75, 3.05) is 6.54 Å². The Morgan fingerprint density at radius 3 is 2.52 bits per heavy atom. The summed E-state index contributed by atoms with van der Waals surface area (Å²) in [7, 11) is -3.64. The summed E-state index contributed by atoms with van der Waals surface area (Å²) in [5.41, 5.74) is -0.485. The van der Waals surface area contributed by atoms with Gasteiger partial charge in [0.1, 0.15) is 5.60 Å². The van der Waals surface area contributed by atoms with Crippen molar-refractivity contribution in [3.8, 4) is 0 Å². The van der Waals surface area contributed by atoms with E-state index >= 15 is 0 Å². The van der Waals surface area contributed by atoms with Gasteiger partial charge in [0.2, 0.25) is 10.0 Å². The van der Waals surface area contributed by atoms with Crippen LogP contribution in [0.4, 0.5) is 0 Å². The number of nitrogens with one attached hydrogen (secondary N) is 1. The Morgan fingerprint density at radius 2 is 1.80 bits per heavy atom. The van der Waals surface area contributed by atoms with Crippen LogP contribution < -0.4 is 4.72 Å². The Labute approximate surface area is 151 Å². The number of hydrogen-bond acceptors (Lipinski definition) is 4. The van der Waals surface area contributed by atoms with E-state index in [-0.39, 0.29) is 6.54 Å². The minimum atomic E-state index is -3.64. The Hall–Kier alpha value is -1.99. The first-order valence-corrected chi connectivity index (χ1v) is 10.2. The van der Waals surface area contributed by atoms with Crippen LogP contribution in [0.2, 0.25) is 0 Å². The SMILES string of the molecule is CC(O)(CNS(=O)(=O)C=Cc1ccccc1)c1cc2ccccc2s1. The zero-order chi connectivity index (χ0) is 17.9. The van der Waals surface area contributed by atoms with Gasteiger partial charge in [-0.2, -0.15) is 0 Å². The van der Waals surface area contributed by atoms with E-state index in [2.05, 4.69) is 4.72 Å². The Kier molecular flexibility index (Phi) is 5.06. The number of benzene rings is 2. The van der Waals surface area contributed by atoms with Gasteiger partial charge in [-0.3, -0.25) is 0 Å². The third-order valence-corrected chi connectivity index (χ3v) is 6.22. The Balaban J connectivity index is 1.71. The van der Waals surface area contributed by atoms with Crippen molar-refractivity contribution < 1.29 is 13.5 Å². The molecule has 0 aliphatic rings. The molecule has 6 heteroatoms. The molecule has 1 aromatic heterocycles. The highest BCUT2D eigenvalue weighted by Crippen LogP contribution is 2.32. The summed E-state index contributed by atoms with van der Waals surface area (Å²) in [5.74, 6) is 0. The molecule has 4 nitrogen and oxygen atoms in total. The van der Waals surface area contributed by atoms with Gasteiger partial charge in [0, 0.05) is 21.5 Å². The number of thiophene rings is 1. The molecule has 130 valence electrons. The van der Waals surface area contributed by atoms with Crippen molar-refractivity contribution in [3.05, 3.63) is 76.5 Å². The minimum absolute atomic E-state index is 0.0959. The molecule has 0 amide bonds. The molecule has 0 radical (unpaired) electrons. The predicted octanol–water partition coefficient (Wildman–Crippen LogP) is 3.70. The maximum atomic E-state index is 12.1. The highest BCUT2D eigenvalue weighted by molar-refractivity contribution is 7.92. The van der Waals surface area contributed by atoms with Crippen LogP contribution in [0.25, 0.3) is 16.2 Å². The average Bonchev–Trinajstić information content (AvgIpc) is 3.05. The van der Waals surface area contributed by atoms with Gasteiger partial charge in [-0.1, -0.05) is 48.5 Å². The van der Waals surface area contributed by atoms with Crippen molar-refractivity contribution in [1.82, 2.24) is 4.72 Å². The van der Waals surface area contributed by atoms with Gasteiger partial charge >= 0.3 is 0 Å². The molecule has 0 spiro atoms. The molecule has 2 aromatic carbocycles. The van der Waals surface area contributed by atoms with E-state index in [4.69, 9.17) is 0 Å². The lowest BCUT2D eigenvalue weighted by atomic mass is 10.1. The molecule has 0 aliphatic heterocycles. The van der Waals surface area contributed by atoms with E-state index < -0.39 is 15.6 Å². The molecule has 0 saturated heterocycles. The lowest BCUT2D eigenvalue weighted by molar-refractivity contribution is 0.0667. The minimum Gasteiger partial charge on any atom is -0.383 e. The van der Waals surface area contributed by atoms with Crippen molar-refractivity contribution in [3.63, 3.8) is 0 Å².